The van der Waals surface area contributed by atoms with Crippen molar-refractivity contribution in [1.82, 2.24) is 5.32 Å². The highest BCUT2D eigenvalue weighted by atomic mass is 16.5. The Bertz CT molecular complexity index is 1080. The Hall–Kier alpha value is -1.40. The molecule has 1 amide bonds. The maximum atomic E-state index is 12.5. The summed E-state index contributed by atoms with van der Waals surface area (Å²) in [7, 11) is 0. The van der Waals surface area contributed by atoms with Gasteiger partial charge in [-0.05, 0) is 32.1 Å². The fraction of sp³-hybridized carbons (Fsp3) is 0.939. The molecule has 3 N–H and O–H groups in total. The van der Waals surface area contributed by atoms with Gasteiger partial charge in [0.25, 0.3) is 0 Å². The van der Waals surface area contributed by atoms with E-state index < -0.39 is 12.1 Å². The van der Waals surface area contributed by atoms with Crippen LogP contribution in [-0.4, -0.2) is 47.4 Å². The first-order chi connectivity index (χ1) is 35.5. The van der Waals surface area contributed by atoms with Crippen molar-refractivity contribution in [3.8, 4) is 0 Å². The lowest BCUT2D eigenvalue weighted by atomic mass is 10.0. The molecule has 72 heavy (non-hydrogen) atoms. The summed E-state index contributed by atoms with van der Waals surface area (Å²) in [6.45, 7) is 4.94. The average Bonchev–Trinajstić information content (AvgIpc) is 3.38. The molecule has 0 rings (SSSR count). The fourth-order valence-electron chi connectivity index (χ4n) is 10.5. The summed E-state index contributed by atoms with van der Waals surface area (Å²) in [5.74, 6) is -0.0478. The van der Waals surface area contributed by atoms with Crippen LogP contribution in [0.4, 0.5) is 0 Å². The molecule has 0 saturated heterocycles. The third kappa shape index (κ3) is 57.9. The molecule has 0 aliphatic heterocycles. The summed E-state index contributed by atoms with van der Waals surface area (Å²) < 4.78 is 5.50. The van der Waals surface area contributed by atoms with E-state index in [1.807, 2.05) is 6.08 Å². The highest BCUT2D eigenvalue weighted by Crippen LogP contribution is 2.19. The zero-order valence-corrected chi connectivity index (χ0v) is 48.9. The van der Waals surface area contributed by atoms with Crippen LogP contribution in [-0.2, 0) is 14.3 Å². The summed E-state index contributed by atoms with van der Waals surface area (Å²) in [6.07, 6.45) is 75.5. The molecular weight excluding hydrogens is 887 g/mol. The zero-order chi connectivity index (χ0) is 52.2. The molecule has 0 aliphatic rings. The Labute approximate surface area is 450 Å². The second kappa shape index (κ2) is 62.1. The van der Waals surface area contributed by atoms with Gasteiger partial charge in [-0.3, -0.25) is 9.59 Å². The number of unbranched alkanes of at least 4 members (excludes halogenated alkanes) is 51. The van der Waals surface area contributed by atoms with E-state index in [2.05, 4.69) is 19.2 Å². The maximum Gasteiger partial charge on any atom is 0.305 e. The molecule has 0 aromatic carbocycles. The van der Waals surface area contributed by atoms with Crippen molar-refractivity contribution in [2.24, 2.45) is 0 Å². The number of hydrogen-bond acceptors (Lipinski definition) is 5. The summed E-state index contributed by atoms with van der Waals surface area (Å²) >= 11 is 0. The minimum Gasteiger partial charge on any atom is -0.466 e. The largest absolute Gasteiger partial charge is 0.466 e. The number of ether oxygens (including phenoxy) is 1. The molecule has 6 nitrogen and oxygen atoms in total. The smallest absolute Gasteiger partial charge is 0.305 e. The van der Waals surface area contributed by atoms with Crippen LogP contribution in [0.2, 0.25) is 0 Å². The van der Waals surface area contributed by atoms with Crippen molar-refractivity contribution >= 4 is 11.9 Å². The van der Waals surface area contributed by atoms with E-state index in [1.165, 1.54) is 308 Å². The van der Waals surface area contributed by atoms with Crippen LogP contribution in [0.15, 0.2) is 12.2 Å². The monoisotopic (exact) mass is 1020 g/mol. The van der Waals surface area contributed by atoms with Gasteiger partial charge in [-0.15, -0.1) is 0 Å². The van der Waals surface area contributed by atoms with Gasteiger partial charge in [-0.1, -0.05) is 341 Å². The van der Waals surface area contributed by atoms with Gasteiger partial charge in [0.05, 0.1) is 25.4 Å². The van der Waals surface area contributed by atoms with Gasteiger partial charge in [-0.2, -0.15) is 0 Å². The summed E-state index contributed by atoms with van der Waals surface area (Å²) in [5, 5.41) is 23.2. The summed E-state index contributed by atoms with van der Waals surface area (Å²) in [4.78, 5) is 24.6. The van der Waals surface area contributed by atoms with Crippen LogP contribution >= 0.6 is 0 Å². The van der Waals surface area contributed by atoms with Crippen molar-refractivity contribution in [3.63, 3.8) is 0 Å². The third-order valence-electron chi connectivity index (χ3n) is 15.6. The van der Waals surface area contributed by atoms with E-state index in [0.717, 1.165) is 38.5 Å². The number of aliphatic hydroxyl groups is 2. The van der Waals surface area contributed by atoms with Crippen LogP contribution in [0.1, 0.15) is 373 Å². The maximum absolute atomic E-state index is 12.5. The molecule has 2 unspecified atom stereocenters. The topological polar surface area (TPSA) is 95.9 Å². The number of aliphatic hydroxyl groups excluding tert-OH is 2. The molecule has 0 spiro atoms. The molecule has 0 aromatic rings. The van der Waals surface area contributed by atoms with Gasteiger partial charge in [0, 0.05) is 12.8 Å². The summed E-state index contributed by atoms with van der Waals surface area (Å²) in [6, 6.07) is -0.627. The first kappa shape index (κ1) is 70.6. The first-order valence-corrected chi connectivity index (χ1v) is 33.0. The SMILES string of the molecule is CCCCCCCCCCCCCCCCC/C=C/C(O)C(CO)NC(=O)CCCCCCCCCCCCCCCCCCCCCCCCOC(=O)CCCCCCCCCCCCCCCCCC. The highest BCUT2D eigenvalue weighted by molar-refractivity contribution is 5.76. The number of hydrogen-bond donors (Lipinski definition) is 3. The number of carbonyl (C=O) groups is 2. The number of nitrogens with one attached hydrogen (secondary N) is 1. The lowest BCUT2D eigenvalue weighted by molar-refractivity contribution is -0.143. The summed E-state index contributed by atoms with van der Waals surface area (Å²) in [5.41, 5.74) is 0. The molecule has 0 heterocycles. The molecule has 0 saturated carbocycles. The Balaban J connectivity index is 3.38. The number of esters is 1. The standard InChI is InChI=1S/C66H129NO5/c1-3-5-7-9-11-13-15-17-19-27-30-34-38-42-46-50-54-58-64(69)63(62-68)67-65(70)59-55-51-47-43-39-35-31-28-25-23-21-22-24-26-29-33-37-41-45-49-53-57-61-72-66(71)60-56-52-48-44-40-36-32-20-18-16-14-12-10-8-6-4-2/h54,58,63-64,68-69H,3-53,55-57,59-62H2,1-2H3,(H,67,70)/b58-54+. The van der Waals surface area contributed by atoms with Crippen molar-refractivity contribution in [2.75, 3.05) is 13.2 Å². The predicted molar refractivity (Wildman–Crippen MR) is 315 cm³/mol. The van der Waals surface area contributed by atoms with Crippen molar-refractivity contribution < 1.29 is 24.5 Å². The highest BCUT2D eigenvalue weighted by Gasteiger charge is 2.18. The van der Waals surface area contributed by atoms with Crippen molar-refractivity contribution in [3.05, 3.63) is 12.2 Å². The van der Waals surface area contributed by atoms with Gasteiger partial charge in [0.2, 0.25) is 5.91 Å². The van der Waals surface area contributed by atoms with Crippen LogP contribution in [0, 0.1) is 0 Å². The lowest BCUT2D eigenvalue weighted by Gasteiger charge is -2.20. The Morgan fingerprint density at radius 3 is 0.944 bits per heavy atom. The molecule has 0 radical (unpaired) electrons. The Morgan fingerprint density at radius 1 is 0.375 bits per heavy atom. The number of amides is 1. The zero-order valence-electron chi connectivity index (χ0n) is 48.9. The molecule has 0 aliphatic carbocycles. The van der Waals surface area contributed by atoms with E-state index >= 15 is 0 Å². The molecule has 428 valence electrons. The molecule has 0 bridgehead atoms. The molecule has 0 fully saturated rings. The van der Waals surface area contributed by atoms with E-state index in [0.29, 0.717) is 19.4 Å². The molecular formula is C66H129NO5. The minimum atomic E-state index is -0.844. The second-order valence-electron chi connectivity index (χ2n) is 22.8. The van der Waals surface area contributed by atoms with Gasteiger partial charge in [0.15, 0.2) is 0 Å². The second-order valence-corrected chi connectivity index (χ2v) is 22.8. The van der Waals surface area contributed by atoms with E-state index in [4.69, 9.17) is 4.74 Å². The van der Waals surface area contributed by atoms with Crippen LogP contribution in [0.25, 0.3) is 0 Å². The van der Waals surface area contributed by atoms with Crippen LogP contribution in [0.3, 0.4) is 0 Å². The van der Waals surface area contributed by atoms with Crippen molar-refractivity contribution in [2.45, 2.75) is 386 Å². The van der Waals surface area contributed by atoms with E-state index in [9.17, 15) is 19.8 Å². The van der Waals surface area contributed by atoms with Gasteiger partial charge in [-0.25, -0.2) is 0 Å². The minimum absolute atomic E-state index is 0.0170. The van der Waals surface area contributed by atoms with Gasteiger partial charge in [0.1, 0.15) is 0 Å². The van der Waals surface area contributed by atoms with E-state index in [1.54, 1.807) is 6.08 Å². The molecule has 0 aromatic heterocycles. The Morgan fingerprint density at radius 2 is 0.639 bits per heavy atom. The fourth-order valence-corrected chi connectivity index (χ4v) is 10.5. The average molecular weight is 1020 g/mol. The van der Waals surface area contributed by atoms with Gasteiger partial charge >= 0.3 is 5.97 Å². The van der Waals surface area contributed by atoms with E-state index in [-0.39, 0.29) is 18.5 Å². The normalized spacial score (nSPS) is 12.6. The van der Waals surface area contributed by atoms with Gasteiger partial charge < -0.3 is 20.3 Å². The lowest BCUT2D eigenvalue weighted by Crippen LogP contribution is -2.45. The van der Waals surface area contributed by atoms with Crippen LogP contribution < -0.4 is 5.32 Å². The number of rotatable bonds is 62. The predicted octanol–water partition coefficient (Wildman–Crippen LogP) is 20.8. The number of allylic oxidation sites excluding steroid dienone is 1. The van der Waals surface area contributed by atoms with Crippen LogP contribution in [0.5, 0.6) is 0 Å². The Kier molecular flexibility index (Phi) is 60.9. The quantitative estimate of drug-likeness (QED) is 0.0320. The first-order valence-electron chi connectivity index (χ1n) is 33.0. The molecule has 6 heteroatoms. The number of carbonyl (C=O) groups excluding carboxylic acids is 2. The van der Waals surface area contributed by atoms with Crippen molar-refractivity contribution in [1.29, 1.82) is 0 Å². The third-order valence-corrected chi connectivity index (χ3v) is 15.6. The molecule has 2 atom stereocenters.